The molecular formula is C14H14O4. The van der Waals surface area contributed by atoms with E-state index in [1.165, 1.54) is 13.2 Å². The van der Waals surface area contributed by atoms with E-state index < -0.39 is 0 Å². The van der Waals surface area contributed by atoms with Crippen LogP contribution < -0.4 is 4.74 Å². The van der Waals surface area contributed by atoms with Gasteiger partial charge in [-0.1, -0.05) is 12.1 Å². The average molecular weight is 246 g/mol. The standard InChI is InChI=1S/C14H14O4/c1-18-14-7-10(3-5-13(14)17)9-2-4-12(16)11(6-9)8-15/h2-7,15-17H,8H2,1H3. The molecule has 94 valence electrons. The van der Waals surface area contributed by atoms with Crippen LogP contribution in [-0.2, 0) is 6.61 Å². The largest absolute Gasteiger partial charge is 0.508 e. The Hall–Kier alpha value is -2.20. The Labute approximate surface area is 105 Å². The third-order valence-electron chi connectivity index (χ3n) is 2.76. The van der Waals surface area contributed by atoms with E-state index in [1.807, 2.05) is 0 Å². The highest BCUT2D eigenvalue weighted by molar-refractivity contribution is 5.68. The van der Waals surface area contributed by atoms with E-state index in [2.05, 4.69) is 0 Å². The number of ether oxygens (including phenoxy) is 1. The van der Waals surface area contributed by atoms with Crippen molar-refractivity contribution >= 4 is 0 Å². The average Bonchev–Trinajstić information content (AvgIpc) is 2.40. The van der Waals surface area contributed by atoms with Crippen molar-refractivity contribution < 1.29 is 20.1 Å². The summed E-state index contributed by atoms with van der Waals surface area (Å²) in [6.07, 6.45) is 0. The van der Waals surface area contributed by atoms with Crippen molar-refractivity contribution in [1.29, 1.82) is 0 Å². The zero-order chi connectivity index (χ0) is 13.1. The molecule has 3 N–H and O–H groups in total. The molecule has 2 rings (SSSR count). The predicted molar refractivity (Wildman–Crippen MR) is 67.7 cm³/mol. The fourth-order valence-electron chi connectivity index (χ4n) is 1.75. The molecule has 0 aliphatic carbocycles. The molecular weight excluding hydrogens is 232 g/mol. The van der Waals surface area contributed by atoms with Gasteiger partial charge in [0.2, 0.25) is 0 Å². The summed E-state index contributed by atoms with van der Waals surface area (Å²) in [6.45, 7) is -0.227. The second-order valence-electron chi connectivity index (χ2n) is 3.89. The van der Waals surface area contributed by atoms with Crippen molar-refractivity contribution in [3.63, 3.8) is 0 Å². The summed E-state index contributed by atoms with van der Waals surface area (Å²) in [5, 5.41) is 28.1. The van der Waals surface area contributed by atoms with E-state index in [1.54, 1.807) is 30.3 Å². The molecule has 0 fully saturated rings. The number of aliphatic hydroxyl groups is 1. The van der Waals surface area contributed by atoms with E-state index in [-0.39, 0.29) is 18.1 Å². The summed E-state index contributed by atoms with van der Waals surface area (Å²) >= 11 is 0. The van der Waals surface area contributed by atoms with Gasteiger partial charge in [-0.25, -0.2) is 0 Å². The van der Waals surface area contributed by atoms with Gasteiger partial charge in [0.05, 0.1) is 13.7 Å². The van der Waals surface area contributed by atoms with Crippen LogP contribution in [-0.4, -0.2) is 22.4 Å². The van der Waals surface area contributed by atoms with Gasteiger partial charge in [0.25, 0.3) is 0 Å². The second kappa shape index (κ2) is 4.98. The first-order valence-electron chi connectivity index (χ1n) is 5.46. The number of benzene rings is 2. The molecule has 0 bridgehead atoms. The van der Waals surface area contributed by atoms with Crippen LogP contribution in [0.5, 0.6) is 17.2 Å². The normalized spacial score (nSPS) is 10.3. The third kappa shape index (κ3) is 2.24. The Bertz CT molecular complexity index is 512. The van der Waals surface area contributed by atoms with E-state index in [0.29, 0.717) is 11.3 Å². The fraction of sp³-hybridized carbons (Fsp3) is 0.143. The lowest BCUT2D eigenvalue weighted by Gasteiger charge is -2.09. The molecule has 0 atom stereocenters. The maximum atomic E-state index is 9.52. The fourth-order valence-corrected chi connectivity index (χ4v) is 1.75. The molecule has 0 heterocycles. The first-order valence-corrected chi connectivity index (χ1v) is 5.46. The van der Waals surface area contributed by atoms with Crippen molar-refractivity contribution in [3.8, 4) is 28.4 Å². The maximum absolute atomic E-state index is 9.52. The summed E-state index contributed by atoms with van der Waals surface area (Å²) in [7, 11) is 1.48. The smallest absolute Gasteiger partial charge is 0.161 e. The zero-order valence-corrected chi connectivity index (χ0v) is 9.92. The Morgan fingerprint density at radius 2 is 1.56 bits per heavy atom. The highest BCUT2D eigenvalue weighted by atomic mass is 16.5. The minimum absolute atomic E-state index is 0.0620. The quantitative estimate of drug-likeness (QED) is 0.777. The molecule has 0 aliphatic heterocycles. The van der Waals surface area contributed by atoms with Crippen LogP contribution in [0.1, 0.15) is 5.56 Å². The maximum Gasteiger partial charge on any atom is 0.161 e. The molecule has 0 unspecified atom stereocenters. The van der Waals surface area contributed by atoms with Gasteiger partial charge in [0.15, 0.2) is 11.5 Å². The van der Waals surface area contributed by atoms with E-state index >= 15 is 0 Å². The summed E-state index contributed by atoms with van der Waals surface area (Å²) in [4.78, 5) is 0. The highest BCUT2D eigenvalue weighted by Gasteiger charge is 2.07. The third-order valence-corrected chi connectivity index (χ3v) is 2.76. The van der Waals surface area contributed by atoms with Crippen molar-refractivity contribution in [2.24, 2.45) is 0 Å². The van der Waals surface area contributed by atoms with Crippen LogP contribution in [0.2, 0.25) is 0 Å². The van der Waals surface area contributed by atoms with Crippen molar-refractivity contribution in [2.75, 3.05) is 7.11 Å². The van der Waals surface area contributed by atoms with Gasteiger partial charge in [0.1, 0.15) is 5.75 Å². The topological polar surface area (TPSA) is 69.9 Å². The van der Waals surface area contributed by atoms with Crippen LogP contribution >= 0.6 is 0 Å². The molecule has 0 spiro atoms. The van der Waals surface area contributed by atoms with Gasteiger partial charge in [0, 0.05) is 5.56 Å². The number of hydrogen-bond donors (Lipinski definition) is 3. The SMILES string of the molecule is COc1cc(-c2ccc(O)c(CO)c2)ccc1O. The number of rotatable bonds is 3. The van der Waals surface area contributed by atoms with Gasteiger partial charge in [-0.05, 0) is 35.4 Å². The molecule has 0 radical (unpaired) electrons. The molecule has 18 heavy (non-hydrogen) atoms. The van der Waals surface area contributed by atoms with Gasteiger partial charge in [-0.2, -0.15) is 0 Å². The monoisotopic (exact) mass is 246 g/mol. The molecule has 4 heteroatoms. The van der Waals surface area contributed by atoms with Crippen molar-refractivity contribution in [1.82, 2.24) is 0 Å². The zero-order valence-electron chi connectivity index (χ0n) is 9.92. The number of aromatic hydroxyl groups is 2. The number of methoxy groups -OCH3 is 1. The number of phenols is 2. The minimum Gasteiger partial charge on any atom is -0.508 e. The van der Waals surface area contributed by atoms with E-state index in [0.717, 1.165) is 11.1 Å². The number of hydrogen-bond acceptors (Lipinski definition) is 4. The van der Waals surface area contributed by atoms with Gasteiger partial charge in [-0.3, -0.25) is 0 Å². The van der Waals surface area contributed by atoms with Gasteiger partial charge >= 0.3 is 0 Å². The van der Waals surface area contributed by atoms with Crippen molar-refractivity contribution in [3.05, 3.63) is 42.0 Å². The van der Waals surface area contributed by atoms with Crippen LogP contribution in [0.4, 0.5) is 0 Å². The lowest BCUT2D eigenvalue weighted by atomic mass is 10.0. The lowest BCUT2D eigenvalue weighted by molar-refractivity contribution is 0.275. The molecule has 2 aromatic carbocycles. The molecule has 0 aromatic heterocycles. The van der Waals surface area contributed by atoms with Crippen LogP contribution in [0.25, 0.3) is 11.1 Å². The van der Waals surface area contributed by atoms with Gasteiger partial charge < -0.3 is 20.1 Å². The summed E-state index contributed by atoms with van der Waals surface area (Å²) in [5.74, 6) is 0.514. The van der Waals surface area contributed by atoms with E-state index in [9.17, 15) is 10.2 Å². The Morgan fingerprint density at radius 1 is 0.944 bits per heavy atom. The van der Waals surface area contributed by atoms with Gasteiger partial charge in [-0.15, -0.1) is 0 Å². The molecule has 2 aromatic rings. The second-order valence-corrected chi connectivity index (χ2v) is 3.89. The van der Waals surface area contributed by atoms with E-state index in [4.69, 9.17) is 9.84 Å². The first kappa shape index (κ1) is 12.3. The molecule has 4 nitrogen and oxygen atoms in total. The Balaban J connectivity index is 2.48. The number of aliphatic hydroxyl groups excluding tert-OH is 1. The van der Waals surface area contributed by atoms with Crippen LogP contribution in [0.3, 0.4) is 0 Å². The summed E-state index contributed by atoms with van der Waals surface area (Å²) < 4.78 is 5.04. The minimum atomic E-state index is -0.227. The van der Waals surface area contributed by atoms with Crippen LogP contribution in [0.15, 0.2) is 36.4 Å². The van der Waals surface area contributed by atoms with Crippen LogP contribution in [0, 0.1) is 0 Å². The predicted octanol–water partition coefficient (Wildman–Crippen LogP) is 2.27. The first-order chi connectivity index (χ1) is 8.65. The Kier molecular flexibility index (Phi) is 3.39. The summed E-state index contributed by atoms with van der Waals surface area (Å²) in [6, 6.07) is 9.94. The van der Waals surface area contributed by atoms with Crippen molar-refractivity contribution in [2.45, 2.75) is 6.61 Å². The summed E-state index contributed by atoms with van der Waals surface area (Å²) in [5.41, 5.74) is 2.12. The lowest BCUT2D eigenvalue weighted by Crippen LogP contribution is -1.88. The molecule has 0 amide bonds. The molecule has 0 saturated carbocycles. The number of phenolic OH excluding ortho intramolecular Hbond substituents is 1. The Morgan fingerprint density at radius 3 is 2.17 bits per heavy atom. The highest BCUT2D eigenvalue weighted by Crippen LogP contribution is 2.33. The molecule has 0 aliphatic rings. The molecule has 0 saturated heterocycles.